The molecule has 120 valence electrons. The summed E-state index contributed by atoms with van der Waals surface area (Å²) < 4.78 is 0. The van der Waals surface area contributed by atoms with Crippen LogP contribution in [0.15, 0.2) is 48.5 Å². The second-order valence-corrected chi connectivity index (χ2v) is 5.55. The molecule has 0 aliphatic rings. The molecule has 0 heterocycles. The predicted octanol–water partition coefficient (Wildman–Crippen LogP) is 4.41. The van der Waals surface area contributed by atoms with Gasteiger partial charge in [0.15, 0.2) is 0 Å². The Balaban J connectivity index is 2.32. The summed E-state index contributed by atoms with van der Waals surface area (Å²) in [6.45, 7) is 2.12. The molecular weight excluding hydrogens is 292 g/mol. The second kappa shape index (κ2) is 7.58. The predicted molar refractivity (Wildman–Crippen MR) is 88.2 cm³/mol. The lowest BCUT2D eigenvalue weighted by Crippen LogP contribution is -2.04. The van der Waals surface area contributed by atoms with E-state index in [2.05, 4.69) is 6.92 Å². The molecule has 0 saturated heterocycles. The van der Waals surface area contributed by atoms with Crippen LogP contribution >= 0.6 is 0 Å². The molecule has 0 radical (unpaired) electrons. The van der Waals surface area contributed by atoms with Crippen molar-refractivity contribution in [3.05, 3.63) is 70.8 Å². The van der Waals surface area contributed by atoms with Crippen molar-refractivity contribution in [2.75, 3.05) is 0 Å². The molecule has 0 atom stereocenters. The molecule has 2 aromatic carbocycles. The molecule has 0 spiro atoms. The van der Waals surface area contributed by atoms with Gasteiger partial charge in [0.05, 0.1) is 11.1 Å². The summed E-state index contributed by atoms with van der Waals surface area (Å²) in [5.74, 6) is -1.74. The van der Waals surface area contributed by atoms with Gasteiger partial charge in [-0.1, -0.05) is 44.0 Å². The first-order valence-electron chi connectivity index (χ1n) is 7.69. The van der Waals surface area contributed by atoms with E-state index in [1.54, 1.807) is 24.3 Å². The van der Waals surface area contributed by atoms with Crippen molar-refractivity contribution in [1.82, 2.24) is 0 Å². The summed E-state index contributed by atoms with van der Waals surface area (Å²) in [5, 5.41) is 18.0. The first kappa shape index (κ1) is 16.7. The lowest BCUT2D eigenvalue weighted by Gasteiger charge is -2.18. The Labute approximate surface area is 135 Å². The zero-order valence-corrected chi connectivity index (χ0v) is 13.0. The van der Waals surface area contributed by atoms with Crippen molar-refractivity contribution in [3.8, 4) is 0 Å². The minimum atomic E-state index is -0.938. The van der Waals surface area contributed by atoms with Crippen molar-refractivity contribution in [2.45, 2.75) is 32.1 Å². The summed E-state index contributed by atoms with van der Waals surface area (Å²) >= 11 is 0. The van der Waals surface area contributed by atoms with Crippen LogP contribution in [0.5, 0.6) is 0 Å². The molecular formula is C19H20O4. The minimum Gasteiger partial charge on any atom is -0.478 e. The van der Waals surface area contributed by atoms with Crippen molar-refractivity contribution < 1.29 is 19.8 Å². The van der Waals surface area contributed by atoms with Crippen molar-refractivity contribution in [2.24, 2.45) is 0 Å². The standard InChI is InChI=1S/C19H20O4/c1-2-3-4-17(13-5-9-15(10-6-13)18(20)21)14-7-11-16(12-8-14)19(22)23/h5-12,17H,2-4H2,1H3,(H,20,21)(H,22,23). The highest BCUT2D eigenvalue weighted by Crippen LogP contribution is 2.30. The van der Waals surface area contributed by atoms with E-state index in [1.165, 1.54) is 0 Å². The number of hydrogen-bond acceptors (Lipinski definition) is 2. The Morgan fingerprint density at radius 3 is 1.52 bits per heavy atom. The lowest BCUT2D eigenvalue weighted by atomic mass is 9.86. The number of benzene rings is 2. The van der Waals surface area contributed by atoms with Crippen LogP contribution in [0, 0.1) is 0 Å². The largest absolute Gasteiger partial charge is 0.478 e. The number of aromatic carboxylic acids is 2. The highest BCUT2D eigenvalue weighted by atomic mass is 16.4. The Bertz CT molecular complexity index is 614. The van der Waals surface area contributed by atoms with Gasteiger partial charge in [0.2, 0.25) is 0 Å². The molecule has 2 rings (SSSR count). The summed E-state index contributed by atoms with van der Waals surface area (Å²) in [6.07, 6.45) is 3.05. The van der Waals surface area contributed by atoms with Crippen LogP contribution in [0.25, 0.3) is 0 Å². The highest BCUT2D eigenvalue weighted by Gasteiger charge is 2.15. The number of hydrogen-bond donors (Lipinski definition) is 2. The van der Waals surface area contributed by atoms with Crippen molar-refractivity contribution in [3.63, 3.8) is 0 Å². The number of carbonyl (C=O) groups is 2. The molecule has 0 unspecified atom stereocenters. The Morgan fingerprint density at radius 1 is 0.826 bits per heavy atom. The van der Waals surface area contributed by atoms with E-state index in [4.69, 9.17) is 10.2 Å². The summed E-state index contributed by atoms with van der Waals surface area (Å²) in [5.41, 5.74) is 2.63. The lowest BCUT2D eigenvalue weighted by molar-refractivity contribution is 0.0686. The van der Waals surface area contributed by atoms with Crippen LogP contribution in [0.4, 0.5) is 0 Å². The molecule has 2 N–H and O–H groups in total. The van der Waals surface area contributed by atoms with E-state index in [-0.39, 0.29) is 17.0 Å². The van der Waals surface area contributed by atoms with Gasteiger partial charge in [0.25, 0.3) is 0 Å². The number of unbranched alkanes of at least 4 members (excludes halogenated alkanes) is 1. The minimum absolute atomic E-state index is 0.139. The molecule has 23 heavy (non-hydrogen) atoms. The summed E-state index contributed by atoms with van der Waals surface area (Å²) in [4.78, 5) is 21.9. The summed E-state index contributed by atoms with van der Waals surface area (Å²) in [6, 6.07) is 13.8. The molecule has 0 fully saturated rings. The van der Waals surface area contributed by atoms with Gasteiger partial charge >= 0.3 is 11.9 Å². The van der Waals surface area contributed by atoms with Gasteiger partial charge in [0.1, 0.15) is 0 Å². The number of carboxylic acids is 2. The number of rotatable bonds is 7. The molecule has 0 aliphatic heterocycles. The van der Waals surface area contributed by atoms with Crippen LogP contribution in [-0.4, -0.2) is 22.2 Å². The fourth-order valence-corrected chi connectivity index (χ4v) is 2.65. The van der Waals surface area contributed by atoms with Crippen LogP contribution < -0.4 is 0 Å². The molecule has 0 saturated carbocycles. The van der Waals surface area contributed by atoms with E-state index in [0.29, 0.717) is 0 Å². The van der Waals surface area contributed by atoms with Crippen molar-refractivity contribution in [1.29, 1.82) is 0 Å². The van der Waals surface area contributed by atoms with Gasteiger partial charge in [-0.25, -0.2) is 9.59 Å². The fraction of sp³-hybridized carbons (Fsp3) is 0.263. The molecule has 4 nitrogen and oxygen atoms in total. The maximum absolute atomic E-state index is 11.0. The highest BCUT2D eigenvalue weighted by molar-refractivity contribution is 5.88. The zero-order valence-electron chi connectivity index (χ0n) is 13.0. The third-order valence-electron chi connectivity index (χ3n) is 3.97. The normalized spacial score (nSPS) is 10.7. The monoisotopic (exact) mass is 312 g/mol. The topological polar surface area (TPSA) is 74.6 Å². The average Bonchev–Trinajstić information content (AvgIpc) is 2.56. The van der Waals surface area contributed by atoms with Gasteiger partial charge in [-0.05, 0) is 41.8 Å². The maximum Gasteiger partial charge on any atom is 0.335 e. The zero-order chi connectivity index (χ0) is 16.8. The van der Waals surface area contributed by atoms with E-state index in [9.17, 15) is 9.59 Å². The van der Waals surface area contributed by atoms with E-state index in [0.717, 1.165) is 30.4 Å². The molecule has 0 aliphatic carbocycles. The van der Waals surface area contributed by atoms with Gasteiger partial charge in [0, 0.05) is 5.92 Å². The van der Waals surface area contributed by atoms with Crippen LogP contribution in [0.2, 0.25) is 0 Å². The molecule has 2 aromatic rings. The quantitative estimate of drug-likeness (QED) is 0.794. The van der Waals surface area contributed by atoms with Crippen LogP contribution in [0.3, 0.4) is 0 Å². The average molecular weight is 312 g/mol. The second-order valence-electron chi connectivity index (χ2n) is 5.55. The van der Waals surface area contributed by atoms with E-state index in [1.807, 2.05) is 24.3 Å². The molecule has 0 amide bonds. The molecule has 0 aromatic heterocycles. The third kappa shape index (κ3) is 4.19. The third-order valence-corrected chi connectivity index (χ3v) is 3.97. The van der Waals surface area contributed by atoms with Gasteiger partial charge < -0.3 is 10.2 Å². The SMILES string of the molecule is CCCCC(c1ccc(C(=O)O)cc1)c1ccc(C(=O)O)cc1. The maximum atomic E-state index is 11.0. The van der Waals surface area contributed by atoms with Gasteiger partial charge in [-0.2, -0.15) is 0 Å². The van der Waals surface area contributed by atoms with Gasteiger partial charge in [-0.3, -0.25) is 0 Å². The summed E-state index contributed by atoms with van der Waals surface area (Å²) in [7, 11) is 0. The smallest absolute Gasteiger partial charge is 0.335 e. The van der Waals surface area contributed by atoms with E-state index >= 15 is 0 Å². The van der Waals surface area contributed by atoms with E-state index < -0.39 is 11.9 Å². The Kier molecular flexibility index (Phi) is 5.52. The van der Waals surface area contributed by atoms with Gasteiger partial charge in [-0.15, -0.1) is 0 Å². The molecule has 0 bridgehead atoms. The first-order valence-corrected chi connectivity index (χ1v) is 7.69. The number of carboxylic acid groups (broad SMARTS) is 2. The van der Waals surface area contributed by atoms with Crippen LogP contribution in [-0.2, 0) is 0 Å². The van der Waals surface area contributed by atoms with Crippen LogP contribution in [0.1, 0.15) is 63.9 Å². The van der Waals surface area contributed by atoms with Crippen molar-refractivity contribution >= 4 is 11.9 Å². The Morgan fingerprint density at radius 2 is 1.22 bits per heavy atom. The first-order chi connectivity index (χ1) is 11.0. The Hall–Kier alpha value is -2.62. The molecule has 4 heteroatoms. The fourth-order valence-electron chi connectivity index (χ4n) is 2.65.